The first-order valence-corrected chi connectivity index (χ1v) is 12.4. The standard InChI is InChI=1S/C27H42F3NO2/c1-4-6-7-8-9-10-11-12-13-14-19-31(3)20-21-33-25-17-15-24(23(5-2)22-25)16-18-26(32)27(28,29)30/h5,15,17,22H,2,4,6-14,16,18-21H2,1,3H3. The molecule has 3 nitrogen and oxygen atoms in total. The predicted molar refractivity (Wildman–Crippen MR) is 131 cm³/mol. The highest BCUT2D eigenvalue weighted by Crippen LogP contribution is 2.23. The molecule has 0 aliphatic heterocycles. The average molecular weight is 470 g/mol. The summed E-state index contributed by atoms with van der Waals surface area (Å²) in [6, 6.07) is 5.22. The van der Waals surface area contributed by atoms with Crippen molar-refractivity contribution >= 4 is 11.9 Å². The van der Waals surface area contributed by atoms with Crippen LogP contribution in [-0.2, 0) is 11.2 Å². The van der Waals surface area contributed by atoms with Crippen molar-refractivity contribution in [3.05, 3.63) is 35.9 Å². The van der Waals surface area contributed by atoms with Gasteiger partial charge < -0.3 is 9.64 Å². The number of benzene rings is 1. The van der Waals surface area contributed by atoms with Gasteiger partial charge in [-0.1, -0.05) is 83.4 Å². The topological polar surface area (TPSA) is 29.5 Å². The van der Waals surface area contributed by atoms with Gasteiger partial charge in [-0.25, -0.2) is 0 Å². The van der Waals surface area contributed by atoms with Crippen LogP contribution in [0, 0.1) is 0 Å². The summed E-state index contributed by atoms with van der Waals surface area (Å²) < 4.78 is 43.0. The highest BCUT2D eigenvalue weighted by Gasteiger charge is 2.37. The van der Waals surface area contributed by atoms with E-state index in [1.807, 2.05) is 0 Å². The number of alkyl halides is 3. The van der Waals surface area contributed by atoms with Gasteiger partial charge in [-0.15, -0.1) is 0 Å². The number of ketones is 1. The lowest BCUT2D eigenvalue weighted by Gasteiger charge is -2.17. The number of ether oxygens (including phenoxy) is 1. The molecule has 0 atom stereocenters. The smallest absolute Gasteiger partial charge is 0.449 e. The van der Waals surface area contributed by atoms with Crippen LogP contribution in [-0.4, -0.2) is 43.6 Å². The van der Waals surface area contributed by atoms with Gasteiger partial charge in [-0.2, -0.15) is 13.2 Å². The molecule has 188 valence electrons. The second-order valence-electron chi connectivity index (χ2n) is 8.82. The summed E-state index contributed by atoms with van der Waals surface area (Å²) in [7, 11) is 2.09. The number of hydrogen-bond acceptors (Lipinski definition) is 3. The molecule has 0 bridgehead atoms. The van der Waals surface area contributed by atoms with Crippen molar-refractivity contribution < 1.29 is 22.7 Å². The van der Waals surface area contributed by atoms with Crippen LogP contribution in [0.5, 0.6) is 5.75 Å². The molecule has 0 fully saturated rings. The second-order valence-corrected chi connectivity index (χ2v) is 8.82. The van der Waals surface area contributed by atoms with Gasteiger partial charge in [0.15, 0.2) is 0 Å². The maximum absolute atomic E-state index is 12.4. The first-order chi connectivity index (χ1) is 15.8. The van der Waals surface area contributed by atoms with Crippen LogP contribution in [0.25, 0.3) is 6.08 Å². The van der Waals surface area contributed by atoms with Crippen molar-refractivity contribution in [2.24, 2.45) is 0 Å². The Hall–Kier alpha value is -1.82. The first kappa shape index (κ1) is 29.2. The lowest BCUT2D eigenvalue weighted by molar-refractivity contribution is -0.171. The van der Waals surface area contributed by atoms with Crippen LogP contribution in [0.4, 0.5) is 13.2 Å². The third-order valence-electron chi connectivity index (χ3n) is 5.91. The molecule has 6 heteroatoms. The van der Waals surface area contributed by atoms with Crippen LogP contribution in [0.15, 0.2) is 24.8 Å². The molecule has 0 N–H and O–H groups in total. The Morgan fingerprint density at radius 3 is 2.18 bits per heavy atom. The summed E-state index contributed by atoms with van der Waals surface area (Å²) >= 11 is 0. The maximum Gasteiger partial charge on any atom is 0.449 e. The van der Waals surface area contributed by atoms with E-state index in [4.69, 9.17) is 4.74 Å². The molecule has 0 radical (unpaired) electrons. The molecule has 1 aromatic carbocycles. The van der Waals surface area contributed by atoms with E-state index in [0.717, 1.165) is 13.1 Å². The third kappa shape index (κ3) is 13.5. The van der Waals surface area contributed by atoms with E-state index in [1.165, 1.54) is 64.2 Å². The Labute approximate surface area is 198 Å². The van der Waals surface area contributed by atoms with E-state index in [-0.39, 0.29) is 6.42 Å². The zero-order valence-corrected chi connectivity index (χ0v) is 20.5. The molecule has 0 spiro atoms. The number of Topliss-reactive ketones (excluding diaryl/α,β-unsaturated/α-hetero) is 1. The molecule has 0 saturated heterocycles. The number of rotatable bonds is 19. The van der Waals surface area contributed by atoms with E-state index >= 15 is 0 Å². The van der Waals surface area contributed by atoms with E-state index < -0.39 is 18.4 Å². The fraction of sp³-hybridized carbons (Fsp3) is 0.667. The van der Waals surface area contributed by atoms with Crippen molar-refractivity contribution in [3.8, 4) is 5.75 Å². The van der Waals surface area contributed by atoms with Gasteiger partial charge in [0.2, 0.25) is 5.78 Å². The fourth-order valence-electron chi connectivity index (χ4n) is 3.77. The highest BCUT2D eigenvalue weighted by atomic mass is 19.4. The first-order valence-electron chi connectivity index (χ1n) is 12.4. The molecule has 1 rings (SSSR count). The van der Waals surface area contributed by atoms with Crippen molar-refractivity contribution in [1.82, 2.24) is 4.90 Å². The van der Waals surface area contributed by atoms with E-state index in [0.29, 0.717) is 23.5 Å². The maximum atomic E-state index is 12.4. The largest absolute Gasteiger partial charge is 0.492 e. The van der Waals surface area contributed by atoms with Gasteiger partial charge in [0.1, 0.15) is 12.4 Å². The number of nitrogens with zero attached hydrogens (tertiary/aromatic N) is 1. The Balaban J connectivity index is 2.21. The van der Waals surface area contributed by atoms with Gasteiger partial charge in [0.25, 0.3) is 0 Å². The third-order valence-corrected chi connectivity index (χ3v) is 5.91. The average Bonchev–Trinajstić information content (AvgIpc) is 2.78. The SMILES string of the molecule is C=Cc1cc(OCCN(C)CCCCCCCCCCCC)ccc1CCC(=O)C(F)(F)F. The van der Waals surface area contributed by atoms with Crippen LogP contribution in [0.1, 0.15) is 88.7 Å². The minimum atomic E-state index is -4.78. The van der Waals surface area contributed by atoms with Crippen molar-refractivity contribution in [2.75, 3.05) is 26.7 Å². The molecule has 0 aliphatic rings. The number of unbranched alkanes of at least 4 members (excludes halogenated alkanes) is 9. The Kier molecular flexibility index (Phi) is 14.8. The fourth-order valence-corrected chi connectivity index (χ4v) is 3.77. The molecular weight excluding hydrogens is 427 g/mol. The van der Waals surface area contributed by atoms with Crippen molar-refractivity contribution in [2.45, 2.75) is 90.1 Å². The molecule has 33 heavy (non-hydrogen) atoms. The van der Waals surface area contributed by atoms with Crippen molar-refractivity contribution in [1.29, 1.82) is 0 Å². The summed E-state index contributed by atoms with van der Waals surface area (Å²) in [5, 5.41) is 0. The summed E-state index contributed by atoms with van der Waals surface area (Å²) in [6.45, 7) is 8.36. The van der Waals surface area contributed by atoms with Gasteiger partial charge in [-0.05, 0) is 49.7 Å². The summed E-state index contributed by atoms with van der Waals surface area (Å²) in [5.74, 6) is -1.05. The zero-order chi connectivity index (χ0) is 24.5. The number of likely N-dealkylation sites (N-methyl/N-ethyl adjacent to an activating group) is 1. The Bertz CT molecular complexity index is 688. The molecule has 0 heterocycles. The molecule has 0 aliphatic carbocycles. The molecule has 1 aromatic rings. The van der Waals surface area contributed by atoms with Crippen molar-refractivity contribution in [3.63, 3.8) is 0 Å². The van der Waals surface area contributed by atoms with E-state index in [1.54, 1.807) is 24.3 Å². The zero-order valence-electron chi connectivity index (χ0n) is 20.5. The molecule has 0 saturated carbocycles. The second kappa shape index (κ2) is 16.7. The normalized spacial score (nSPS) is 11.7. The van der Waals surface area contributed by atoms with Crippen LogP contribution < -0.4 is 4.74 Å². The summed E-state index contributed by atoms with van der Waals surface area (Å²) in [6.07, 6.45) is 9.53. The minimum Gasteiger partial charge on any atom is -0.492 e. The molecule has 0 unspecified atom stereocenters. The van der Waals surface area contributed by atoms with Crippen LogP contribution in [0.2, 0.25) is 0 Å². The number of halogens is 3. The van der Waals surface area contributed by atoms with Crippen LogP contribution in [0.3, 0.4) is 0 Å². The van der Waals surface area contributed by atoms with Gasteiger partial charge in [0, 0.05) is 13.0 Å². The monoisotopic (exact) mass is 469 g/mol. The lowest BCUT2D eigenvalue weighted by Crippen LogP contribution is -2.25. The van der Waals surface area contributed by atoms with Gasteiger partial charge >= 0.3 is 6.18 Å². The molecular formula is C27H42F3NO2. The number of carbonyl (C=O) groups is 1. The molecule has 0 amide bonds. The Morgan fingerprint density at radius 1 is 1.00 bits per heavy atom. The quantitative estimate of drug-likeness (QED) is 0.195. The Morgan fingerprint density at radius 2 is 1.61 bits per heavy atom. The lowest BCUT2D eigenvalue weighted by atomic mass is 10.0. The van der Waals surface area contributed by atoms with E-state index in [9.17, 15) is 18.0 Å². The summed E-state index contributed by atoms with van der Waals surface area (Å²) in [4.78, 5) is 13.4. The minimum absolute atomic E-state index is 0.0293. The highest BCUT2D eigenvalue weighted by molar-refractivity contribution is 5.84. The van der Waals surface area contributed by atoms with Gasteiger partial charge in [-0.3, -0.25) is 4.79 Å². The van der Waals surface area contributed by atoms with E-state index in [2.05, 4.69) is 25.5 Å². The summed E-state index contributed by atoms with van der Waals surface area (Å²) in [5.41, 5.74) is 1.36. The number of hydrogen-bond donors (Lipinski definition) is 0. The number of aryl methyl sites for hydroxylation is 1. The predicted octanol–water partition coefficient (Wildman–Crippen LogP) is 7.63. The molecule has 0 aromatic heterocycles. The number of carbonyl (C=O) groups excluding carboxylic acids is 1. The van der Waals surface area contributed by atoms with Gasteiger partial charge in [0.05, 0.1) is 0 Å². The van der Waals surface area contributed by atoms with Crippen LogP contribution >= 0.6 is 0 Å².